The van der Waals surface area contributed by atoms with Crippen molar-refractivity contribution in [1.82, 2.24) is 19.9 Å². The third-order valence-electron chi connectivity index (χ3n) is 5.47. The van der Waals surface area contributed by atoms with E-state index in [9.17, 15) is 0 Å². The van der Waals surface area contributed by atoms with E-state index in [2.05, 4.69) is 80.6 Å². The van der Waals surface area contributed by atoms with Crippen molar-refractivity contribution in [1.29, 1.82) is 0 Å². The van der Waals surface area contributed by atoms with Gasteiger partial charge in [-0.25, -0.2) is 19.9 Å². The average molecular weight is 529 g/mol. The number of aromatic nitrogens is 4. The first-order valence-electron chi connectivity index (χ1n) is 11.2. The molecule has 2 aromatic carbocycles. The second-order valence-electron chi connectivity index (χ2n) is 7.80. The summed E-state index contributed by atoms with van der Waals surface area (Å²) < 4.78 is 0. The topological polar surface area (TPSA) is 51.6 Å². The fourth-order valence-corrected chi connectivity index (χ4v) is 7.93. The summed E-state index contributed by atoms with van der Waals surface area (Å²) >= 11 is 7.07. The summed E-state index contributed by atoms with van der Waals surface area (Å²) in [5, 5.41) is 4.43. The van der Waals surface area contributed by atoms with E-state index in [1.807, 2.05) is 35.7 Å². The fraction of sp³-hybridized carbons (Fsp3) is 0.111. The number of thiophene rings is 2. The van der Waals surface area contributed by atoms with Crippen LogP contribution in [0.25, 0.3) is 41.3 Å². The standard InChI is InChI=1S/C27H20N4S4/c1-3-8-18(9-4-1)22-14-20-24(28-16-30-26(20)34-22)32-12-7-13-33-25-21-15-23(19-10-5-2-6-11-19)35-27(21)31-17-29-25/h1-6,8-11,14-17H,7,12-13H2. The summed E-state index contributed by atoms with van der Waals surface area (Å²) in [6, 6.07) is 25.4. The molecule has 8 heteroatoms. The lowest BCUT2D eigenvalue weighted by molar-refractivity contribution is 1.07. The van der Waals surface area contributed by atoms with Crippen LogP contribution in [0.1, 0.15) is 6.42 Å². The molecule has 0 aliphatic heterocycles. The lowest BCUT2D eigenvalue weighted by atomic mass is 10.2. The zero-order valence-corrected chi connectivity index (χ0v) is 21.9. The van der Waals surface area contributed by atoms with Crippen LogP contribution in [0.4, 0.5) is 0 Å². The molecule has 0 atom stereocenters. The molecule has 0 aliphatic carbocycles. The average Bonchev–Trinajstić information content (AvgIpc) is 3.55. The SMILES string of the molecule is c1ccc(-c2cc3c(SCCCSc4ncnc5sc(-c6ccccc6)cc45)ncnc3s2)cc1. The molecule has 0 radical (unpaired) electrons. The van der Waals surface area contributed by atoms with E-state index in [4.69, 9.17) is 0 Å². The Bertz CT molecular complexity index is 1460. The van der Waals surface area contributed by atoms with Gasteiger partial charge in [0.25, 0.3) is 0 Å². The van der Waals surface area contributed by atoms with Crippen molar-refractivity contribution in [3.63, 3.8) is 0 Å². The lowest BCUT2D eigenvalue weighted by Gasteiger charge is -2.03. The van der Waals surface area contributed by atoms with Crippen molar-refractivity contribution >= 4 is 66.6 Å². The normalized spacial score (nSPS) is 11.4. The number of hydrogen-bond acceptors (Lipinski definition) is 8. The zero-order valence-electron chi connectivity index (χ0n) is 18.6. The van der Waals surface area contributed by atoms with Crippen LogP contribution in [0.2, 0.25) is 0 Å². The first-order valence-corrected chi connectivity index (χ1v) is 14.8. The number of rotatable bonds is 8. The van der Waals surface area contributed by atoms with Crippen LogP contribution < -0.4 is 0 Å². The zero-order chi connectivity index (χ0) is 23.5. The van der Waals surface area contributed by atoms with Crippen molar-refractivity contribution in [3.8, 4) is 20.9 Å². The van der Waals surface area contributed by atoms with E-state index in [0.717, 1.165) is 48.4 Å². The second kappa shape index (κ2) is 10.5. The Labute approximate surface area is 219 Å². The van der Waals surface area contributed by atoms with Gasteiger partial charge in [0.1, 0.15) is 32.4 Å². The summed E-state index contributed by atoms with van der Waals surface area (Å²) in [6.07, 6.45) is 4.43. The van der Waals surface area contributed by atoms with Gasteiger partial charge in [0.05, 0.1) is 0 Å². The van der Waals surface area contributed by atoms with E-state index in [1.165, 1.54) is 20.9 Å². The van der Waals surface area contributed by atoms with Gasteiger partial charge in [0.2, 0.25) is 0 Å². The van der Waals surface area contributed by atoms with Gasteiger partial charge in [-0.15, -0.1) is 46.2 Å². The van der Waals surface area contributed by atoms with Crippen LogP contribution in [-0.2, 0) is 0 Å². The van der Waals surface area contributed by atoms with Gasteiger partial charge in [-0.3, -0.25) is 0 Å². The second-order valence-corrected chi connectivity index (χ2v) is 12.0. The Hall–Kier alpha value is -2.78. The molecule has 6 aromatic rings. The highest BCUT2D eigenvalue weighted by Gasteiger charge is 2.12. The molecule has 35 heavy (non-hydrogen) atoms. The molecular formula is C27H20N4S4. The maximum atomic E-state index is 4.57. The molecule has 0 saturated heterocycles. The number of hydrogen-bond donors (Lipinski definition) is 0. The minimum atomic E-state index is 1.00. The van der Waals surface area contributed by atoms with Gasteiger partial charge in [0, 0.05) is 32.0 Å². The molecule has 4 heterocycles. The Morgan fingerprint density at radius 3 is 1.49 bits per heavy atom. The van der Waals surface area contributed by atoms with E-state index >= 15 is 0 Å². The molecule has 0 unspecified atom stereocenters. The maximum Gasteiger partial charge on any atom is 0.128 e. The van der Waals surface area contributed by atoms with Crippen molar-refractivity contribution in [2.45, 2.75) is 16.5 Å². The quantitative estimate of drug-likeness (QED) is 0.112. The van der Waals surface area contributed by atoms with E-state index in [0.29, 0.717) is 0 Å². The van der Waals surface area contributed by atoms with E-state index < -0.39 is 0 Å². The van der Waals surface area contributed by atoms with Gasteiger partial charge in [-0.05, 0) is 29.7 Å². The highest BCUT2D eigenvalue weighted by molar-refractivity contribution is 8.00. The van der Waals surface area contributed by atoms with Crippen LogP contribution in [0.5, 0.6) is 0 Å². The highest BCUT2D eigenvalue weighted by Crippen LogP contribution is 2.38. The minimum absolute atomic E-state index is 1.00. The first kappa shape index (κ1) is 22.7. The Morgan fingerprint density at radius 2 is 1.03 bits per heavy atom. The Kier molecular flexibility index (Phi) is 6.77. The fourth-order valence-electron chi connectivity index (χ4n) is 3.78. The van der Waals surface area contributed by atoms with Gasteiger partial charge in [-0.2, -0.15) is 0 Å². The summed E-state index contributed by atoms with van der Waals surface area (Å²) in [4.78, 5) is 22.7. The van der Waals surface area contributed by atoms with Crippen LogP contribution >= 0.6 is 46.2 Å². The van der Waals surface area contributed by atoms with Crippen LogP contribution in [0, 0.1) is 0 Å². The highest BCUT2D eigenvalue weighted by atomic mass is 32.2. The van der Waals surface area contributed by atoms with E-state index in [-0.39, 0.29) is 0 Å². The minimum Gasteiger partial charge on any atom is -0.229 e. The first-order chi connectivity index (χ1) is 17.3. The third kappa shape index (κ3) is 4.97. The Balaban J connectivity index is 1.10. The van der Waals surface area contributed by atoms with Gasteiger partial charge >= 0.3 is 0 Å². The summed E-state index contributed by atoms with van der Waals surface area (Å²) in [5.41, 5.74) is 2.45. The number of thioether (sulfide) groups is 2. The predicted molar refractivity (Wildman–Crippen MR) is 152 cm³/mol. The lowest BCUT2D eigenvalue weighted by Crippen LogP contribution is -1.89. The third-order valence-corrected chi connectivity index (χ3v) is 9.84. The molecule has 0 amide bonds. The summed E-state index contributed by atoms with van der Waals surface area (Å²) in [5.74, 6) is 2.01. The van der Waals surface area contributed by atoms with Crippen molar-refractivity contribution in [2.24, 2.45) is 0 Å². The van der Waals surface area contributed by atoms with Crippen molar-refractivity contribution in [2.75, 3.05) is 11.5 Å². The largest absolute Gasteiger partial charge is 0.229 e. The van der Waals surface area contributed by atoms with Crippen LogP contribution in [0.15, 0.2) is 95.5 Å². The molecule has 0 N–H and O–H groups in total. The molecular weight excluding hydrogens is 509 g/mol. The molecule has 0 bridgehead atoms. The van der Waals surface area contributed by atoms with Crippen LogP contribution in [-0.4, -0.2) is 31.4 Å². The molecule has 4 nitrogen and oxygen atoms in total. The van der Waals surface area contributed by atoms with Gasteiger partial charge in [-0.1, -0.05) is 60.7 Å². The van der Waals surface area contributed by atoms with Crippen LogP contribution in [0.3, 0.4) is 0 Å². The molecule has 0 aliphatic rings. The van der Waals surface area contributed by atoms with Gasteiger partial charge < -0.3 is 0 Å². The molecule has 0 spiro atoms. The van der Waals surface area contributed by atoms with E-state index in [1.54, 1.807) is 35.3 Å². The summed E-state index contributed by atoms with van der Waals surface area (Å²) in [6.45, 7) is 0. The predicted octanol–water partition coefficient (Wildman–Crippen LogP) is 8.30. The molecule has 0 saturated carbocycles. The molecule has 172 valence electrons. The smallest absolute Gasteiger partial charge is 0.128 e. The summed E-state index contributed by atoms with van der Waals surface area (Å²) in [7, 11) is 0. The van der Waals surface area contributed by atoms with Gasteiger partial charge in [0.15, 0.2) is 0 Å². The molecule has 6 rings (SSSR count). The van der Waals surface area contributed by atoms with Crippen molar-refractivity contribution < 1.29 is 0 Å². The number of nitrogens with zero attached hydrogens (tertiary/aromatic N) is 4. The number of benzene rings is 2. The number of fused-ring (bicyclic) bond motifs is 2. The molecule has 4 aromatic heterocycles. The Morgan fingerprint density at radius 1 is 0.571 bits per heavy atom. The maximum absolute atomic E-state index is 4.57. The molecule has 0 fully saturated rings. The monoisotopic (exact) mass is 528 g/mol. The van der Waals surface area contributed by atoms with Crippen molar-refractivity contribution in [3.05, 3.63) is 85.5 Å².